The second-order valence-corrected chi connectivity index (χ2v) is 5.53. The molecule has 1 rings (SSSR count). The van der Waals surface area contributed by atoms with E-state index >= 15 is 0 Å². The number of halogens is 1. The summed E-state index contributed by atoms with van der Waals surface area (Å²) in [6, 6.07) is 4.83. The summed E-state index contributed by atoms with van der Waals surface area (Å²) >= 11 is 0. The Morgan fingerprint density at radius 2 is 2.00 bits per heavy atom. The third kappa shape index (κ3) is 3.55. The van der Waals surface area contributed by atoms with Crippen molar-refractivity contribution in [2.24, 2.45) is 5.41 Å². The van der Waals surface area contributed by atoms with Crippen molar-refractivity contribution in [1.29, 1.82) is 0 Å². The van der Waals surface area contributed by atoms with E-state index in [1.54, 1.807) is 19.1 Å². The fourth-order valence-electron chi connectivity index (χ4n) is 1.98. The summed E-state index contributed by atoms with van der Waals surface area (Å²) in [5.74, 6) is -1.19. The largest absolute Gasteiger partial charge is 0.481 e. The second kappa shape index (κ2) is 4.86. The van der Waals surface area contributed by atoms with Gasteiger partial charge in [-0.15, -0.1) is 0 Å². The van der Waals surface area contributed by atoms with Gasteiger partial charge < -0.3 is 5.11 Å². The normalized spacial score (nSPS) is 13.5. The topological polar surface area (TPSA) is 37.3 Å². The SMILES string of the molecule is Cc1cc(C(CC(=O)O)C(C)(C)C)ccc1F. The van der Waals surface area contributed by atoms with Crippen molar-refractivity contribution in [1.82, 2.24) is 0 Å². The van der Waals surface area contributed by atoms with E-state index in [0.717, 1.165) is 5.56 Å². The van der Waals surface area contributed by atoms with Gasteiger partial charge in [0.15, 0.2) is 0 Å². The average molecular weight is 238 g/mol. The van der Waals surface area contributed by atoms with Gasteiger partial charge in [-0.2, -0.15) is 0 Å². The lowest BCUT2D eigenvalue weighted by Gasteiger charge is -2.30. The molecule has 0 bridgehead atoms. The summed E-state index contributed by atoms with van der Waals surface area (Å²) in [5.41, 5.74) is 1.28. The lowest BCUT2D eigenvalue weighted by Crippen LogP contribution is -2.21. The van der Waals surface area contributed by atoms with Gasteiger partial charge in [-0.25, -0.2) is 4.39 Å². The van der Waals surface area contributed by atoms with E-state index in [9.17, 15) is 9.18 Å². The van der Waals surface area contributed by atoms with Crippen molar-refractivity contribution in [3.8, 4) is 0 Å². The maximum atomic E-state index is 13.2. The van der Waals surface area contributed by atoms with E-state index in [2.05, 4.69) is 0 Å². The van der Waals surface area contributed by atoms with Crippen LogP contribution in [0.3, 0.4) is 0 Å². The van der Waals surface area contributed by atoms with Crippen molar-refractivity contribution < 1.29 is 14.3 Å². The van der Waals surface area contributed by atoms with Gasteiger partial charge in [0, 0.05) is 0 Å². The number of hydrogen-bond donors (Lipinski definition) is 1. The summed E-state index contributed by atoms with van der Waals surface area (Å²) in [7, 11) is 0. The fraction of sp³-hybridized carbons (Fsp3) is 0.500. The highest BCUT2D eigenvalue weighted by molar-refractivity contribution is 5.68. The molecule has 0 amide bonds. The zero-order valence-corrected chi connectivity index (χ0v) is 10.7. The first kappa shape index (κ1) is 13.7. The molecule has 1 aromatic carbocycles. The molecule has 0 aliphatic carbocycles. The lowest BCUT2D eigenvalue weighted by molar-refractivity contribution is -0.138. The molecule has 0 spiro atoms. The molecule has 2 nitrogen and oxygen atoms in total. The molecule has 0 fully saturated rings. The van der Waals surface area contributed by atoms with Gasteiger partial charge in [0.1, 0.15) is 5.82 Å². The first-order chi connectivity index (χ1) is 7.71. The molecule has 0 aliphatic heterocycles. The Morgan fingerprint density at radius 3 is 2.41 bits per heavy atom. The van der Waals surface area contributed by atoms with E-state index in [4.69, 9.17) is 5.11 Å². The van der Waals surface area contributed by atoms with Gasteiger partial charge in [-0.05, 0) is 35.4 Å². The van der Waals surface area contributed by atoms with Gasteiger partial charge >= 0.3 is 5.97 Å². The van der Waals surface area contributed by atoms with Crippen LogP contribution in [0, 0.1) is 18.2 Å². The van der Waals surface area contributed by atoms with Gasteiger partial charge in [0.25, 0.3) is 0 Å². The van der Waals surface area contributed by atoms with Crippen molar-refractivity contribution in [2.45, 2.75) is 40.0 Å². The van der Waals surface area contributed by atoms with Crippen LogP contribution in [-0.4, -0.2) is 11.1 Å². The zero-order chi connectivity index (χ0) is 13.2. The molecular formula is C14H19FO2. The maximum Gasteiger partial charge on any atom is 0.303 e. The first-order valence-corrected chi connectivity index (χ1v) is 5.69. The number of rotatable bonds is 3. The Balaban J connectivity index is 3.13. The third-order valence-corrected chi connectivity index (χ3v) is 3.01. The minimum absolute atomic E-state index is 0.0641. The standard InChI is InChI=1S/C14H19FO2/c1-9-7-10(5-6-12(9)15)11(8-13(16)17)14(2,3)4/h5-7,11H,8H2,1-4H3,(H,16,17). The van der Waals surface area contributed by atoms with Crippen LogP contribution >= 0.6 is 0 Å². The molecule has 1 N–H and O–H groups in total. The summed E-state index contributed by atoms with van der Waals surface area (Å²) in [6.45, 7) is 7.69. The fourth-order valence-corrected chi connectivity index (χ4v) is 1.98. The number of aliphatic carboxylic acids is 1. The maximum absolute atomic E-state index is 13.2. The van der Waals surface area contributed by atoms with Crippen molar-refractivity contribution in [3.05, 3.63) is 35.1 Å². The van der Waals surface area contributed by atoms with Crippen molar-refractivity contribution >= 4 is 5.97 Å². The van der Waals surface area contributed by atoms with Crippen LogP contribution in [0.15, 0.2) is 18.2 Å². The van der Waals surface area contributed by atoms with Crippen LogP contribution in [0.2, 0.25) is 0 Å². The Morgan fingerprint density at radius 1 is 1.41 bits per heavy atom. The molecular weight excluding hydrogens is 219 g/mol. The minimum atomic E-state index is -0.827. The van der Waals surface area contributed by atoms with E-state index in [0.29, 0.717) is 5.56 Å². The Labute approximate surface area is 101 Å². The molecule has 94 valence electrons. The van der Waals surface area contributed by atoms with E-state index < -0.39 is 5.97 Å². The molecule has 0 aliphatic rings. The van der Waals surface area contributed by atoms with Crippen LogP contribution in [0.5, 0.6) is 0 Å². The van der Waals surface area contributed by atoms with E-state index in [1.165, 1.54) is 6.07 Å². The molecule has 0 radical (unpaired) electrons. The number of hydrogen-bond acceptors (Lipinski definition) is 1. The molecule has 17 heavy (non-hydrogen) atoms. The monoisotopic (exact) mass is 238 g/mol. The summed E-state index contributed by atoms with van der Waals surface area (Å²) in [6.07, 6.45) is 0.0641. The quantitative estimate of drug-likeness (QED) is 0.871. The molecule has 3 heteroatoms. The average Bonchev–Trinajstić information content (AvgIpc) is 2.17. The van der Waals surface area contributed by atoms with Crippen LogP contribution < -0.4 is 0 Å². The van der Waals surface area contributed by atoms with Crippen LogP contribution in [0.25, 0.3) is 0 Å². The molecule has 0 saturated carbocycles. The summed E-state index contributed by atoms with van der Waals surface area (Å²) < 4.78 is 13.2. The number of carboxylic acid groups (broad SMARTS) is 1. The summed E-state index contributed by atoms with van der Waals surface area (Å²) in [4.78, 5) is 10.9. The highest BCUT2D eigenvalue weighted by Crippen LogP contribution is 2.38. The van der Waals surface area contributed by atoms with Gasteiger partial charge in [0.05, 0.1) is 6.42 Å². The number of carboxylic acids is 1. The van der Waals surface area contributed by atoms with E-state index in [1.807, 2.05) is 20.8 Å². The number of benzene rings is 1. The molecule has 0 heterocycles. The highest BCUT2D eigenvalue weighted by Gasteiger charge is 2.28. The van der Waals surface area contributed by atoms with Crippen LogP contribution in [0.4, 0.5) is 4.39 Å². The van der Waals surface area contributed by atoms with Crippen LogP contribution in [-0.2, 0) is 4.79 Å². The van der Waals surface area contributed by atoms with Crippen LogP contribution in [0.1, 0.15) is 44.2 Å². The third-order valence-electron chi connectivity index (χ3n) is 3.01. The number of aryl methyl sites for hydroxylation is 1. The van der Waals surface area contributed by atoms with Crippen molar-refractivity contribution in [2.75, 3.05) is 0 Å². The summed E-state index contributed by atoms with van der Waals surface area (Å²) in [5, 5.41) is 8.96. The Kier molecular flexibility index (Phi) is 3.91. The van der Waals surface area contributed by atoms with Gasteiger partial charge in [-0.1, -0.05) is 32.9 Å². The van der Waals surface area contributed by atoms with Gasteiger partial charge in [-0.3, -0.25) is 4.79 Å². The molecule has 1 atom stereocenters. The molecule has 1 unspecified atom stereocenters. The molecule has 0 saturated heterocycles. The Bertz CT molecular complexity index is 419. The second-order valence-electron chi connectivity index (χ2n) is 5.53. The van der Waals surface area contributed by atoms with Gasteiger partial charge in [0.2, 0.25) is 0 Å². The minimum Gasteiger partial charge on any atom is -0.481 e. The zero-order valence-electron chi connectivity index (χ0n) is 10.7. The highest BCUT2D eigenvalue weighted by atomic mass is 19.1. The lowest BCUT2D eigenvalue weighted by atomic mass is 9.74. The Hall–Kier alpha value is -1.38. The van der Waals surface area contributed by atoms with E-state index in [-0.39, 0.29) is 23.6 Å². The predicted octanol–water partition coefficient (Wildman–Crippen LogP) is 3.74. The van der Waals surface area contributed by atoms with Crippen molar-refractivity contribution in [3.63, 3.8) is 0 Å². The smallest absolute Gasteiger partial charge is 0.303 e. The molecule has 1 aromatic rings. The molecule has 0 aromatic heterocycles. The first-order valence-electron chi connectivity index (χ1n) is 5.69. The number of carbonyl (C=O) groups is 1. The predicted molar refractivity (Wildman–Crippen MR) is 65.6 cm³/mol.